The Morgan fingerprint density at radius 3 is 2.67 bits per heavy atom. The summed E-state index contributed by atoms with van der Waals surface area (Å²) in [6, 6.07) is 5.19. The van der Waals surface area contributed by atoms with E-state index >= 15 is 0 Å². The Bertz CT molecular complexity index is 312. The molecule has 0 nitrogen and oxygen atoms in total. The highest BCUT2D eigenvalue weighted by atomic mass is 79.9. The third kappa shape index (κ3) is 4.23. The zero-order chi connectivity index (χ0) is 11.3. The first-order chi connectivity index (χ1) is 7.15. The zero-order valence-electron chi connectivity index (χ0n) is 8.77. The molecule has 0 saturated heterocycles. The Labute approximate surface area is 108 Å². The molecule has 0 amide bonds. The van der Waals surface area contributed by atoms with Gasteiger partial charge >= 0.3 is 0 Å². The van der Waals surface area contributed by atoms with E-state index in [1.807, 2.05) is 12.1 Å². The van der Waals surface area contributed by atoms with Gasteiger partial charge in [-0.1, -0.05) is 48.2 Å². The van der Waals surface area contributed by atoms with Crippen molar-refractivity contribution in [2.75, 3.05) is 0 Å². The molecule has 0 aromatic heterocycles. The fourth-order valence-electron chi connectivity index (χ4n) is 1.45. The Morgan fingerprint density at radius 1 is 1.33 bits per heavy atom. The van der Waals surface area contributed by atoms with E-state index in [9.17, 15) is 4.39 Å². The van der Waals surface area contributed by atoms with Crippen molar-refractivity contribution in [1.82, 2.24) is 0 Å². The molecule has 0 spiro atoms. The van der Waals surface area contributed by atoms with E-state index in [2.05, 4.69) is 38.8 Å². The van der Waals surface area contributed by atoms with Crippen molar-refractivity contribution in [3.05, 3.63) is 34.1 Å². The normalized spacial score (nSPS) is 12.8. The Kier molecular flexibility index (Phi) is 5.83. The molecule has 15 heavy (non-hydrogen) atoms. The van der Waals surface area contributed by atoms with Crippen LogP contribution in [0.25, 0.3) is 0 Å². The molecule has 84 valence electrons. The van der Waals surface area contributed by atoms with Crippen LogP contribution in [-0.2, 0) is 0 Å². The second-order valence-electron chi connectivity index (χ2n) is 3.64. The van der Waals surface area contributed by atoms with Gasteiger partial charge in [-0.05, 0) is 40.0 Å². The molecular formula is C12H15Br2F. The molecule has 0 radical (unpaired) electrons. The molecule has 0 aliphatic heterocycles. The summed E-state index contributed by atoms with van der Waals surface area (Å²) in [4.78, 5) is 0.334. The topological polar surface area (TPSA) is 0 Å². The summed E-state index contributed by atoms with van der Waals surface area (Å²) >= 11 is 6.83. The maximum atomic E-state index is 13.0. The molecule has 0 aliphatic rings. The predicted octanol–water partition coefficient (Wildman–Crippen LogP) is 5.60. The lowest BCUT2D eigenvalue weighted by Gasteiger charge is -2.10. The summed E-state index contributed by atoms with van der Waals surface area (Å²) in [5, 5.41) is 0. The minimum absolute atomic E-state index is 0.202. The second kappa shape index (κ2) is 6.64. The number of unbranched alkanes of at least 4 members (excludes halogenated alkanes) is 2. The molecule has 0 fully saturated rings. The van der Waals surface area contributed by atoms with Crippen LogP contribution < -0.4 is 0 Å². The van der Waals surface area contributed by atoms with Gasteiger partial charge < -0.3 is 0 Å². The van der Waals surface area contributed by atoms with E-state index in [0.29, 0.717) is 9.30 Å². The van der Waals surface area contributed by atoms with Crippen LogP contribution in [0.5, 0.6) is 0 Å². The van der Waals surface area contributed by atoms with E-state index in [4.69, 9.17) is 0 Å². The molecule has 0 aliphatic carbocycles. The van der Waals surface area contributed by atoms with Gasteiger partial charge in [0.15, 0.2) is 0 Å². The summed E-state index contributed by atoms with van der Waals surface area (Å²) in [7, 11) is 0. The molecule has 0 saturated carbocycles. The van der Waals surface area contributed by atoms with Crippen LogP contribution in [0.4, 0.5) is 4.39 Å². The van der Waals surface area contributed by atoms with Crippen molar-refractivity contribution in [1.29, 1.82) is 0 Å². The van der Waals surface area contributed by atoms with Crippen LogP contribution in [0, 0.1) is 5.82 Å². The zero-order valence-corrected chi connectivity index (χ0v) is 11.9. The van der Waals surface area contributed by atoms with Gasteiger partial charge in [0, 0.05) is 4.83 Å². The van der Waals surface area contributed by atoms with Gasteiger partial charge in [-0.15, -0.1) is 0 Å². The summed E-state index contributed by atoms with van der Waals surface area (Å²) in [5.74, 6) is -0.202. The van der Waals surface area contributed by atoms with Crippen LogP contribution >= 0.6 is 31.9 Å². The maximum Gasteiger partial charge on any atom is 0.137 e. The third-order valence-corrected chi connectivity index (χ3v) is 3.96. The third-order valence-electron chi connectivity index (χ3n) is 2.37. The molecule has 3 heteroatoms. The van der Waals surface area contributed by atoms with Gasteiger partial charge in [0.05, 0.1) is 4.47 Å². The summed E-state index contributed by atoms with van der Waals surface area (Å²) < 4.78 is 13.5. The Morgan fingerprint density at radius 2 is 2.07 bits per heavy atom. The minimum atomic E-state index is -0.202. The lowest BCUT2D eigenvalue weighted by molar-refractivity contribution is 0.618. The van der Waals surface area contributed by atoms with Crippen molar-refractivity contribution in [2.45, 2.75) is 37.4 Å². The molecule has 0 bridgehead atoms. The predicted molar refractivity (Wildman–Crippen MR) is 69.9 cm³/mol. The van der Waals surface area contributed by atoms with Gasteiger partial charge in [0.1, 0.15) is 5.82 Å². The van der Waals surface area contributed by atoms with Crippen molar-refractivity contribution in [3.63, 3.8) is 0 Å². The van der Waals surface area contributed by atoms with Gasteiger partial charge in [0.2, 0.25) is 0 Å². The quantitative estimate of drug-likeness (QED) is 0.484. The average molecular weight is 338 g/mol. The van der Waals surface area contributed by atoms with Gasteiger partial charge in [-0.25, -0.2) is 4.39 Å². The number of halogens is 3. The van der Waals surface area contributed by atoms with Crippen LogP contribution in [0.15, 0.2) is 22.7 Å². The van der Waals surface area contributed by atoms with Crippen LogP contribution in [0.3, 0.4) is 0 Å². The van der Waals surface area contributed by atoms with Gasteiger partial charge in [0.25, 0.3) is 0 Å². The first-order valence-corrected chi connectivity index (χ1v) is 6.95. The van der Waals surface area contributed by atoms with Gasteiger partial charge in [-0.2, -0.15) is 0 Å². The largest absolute Gasteiger partial charge is 0.206 e. The number of rotatable bonds is 5. The van der Waals surface area contributed by atoms with Crippen molar-refractivity contribution in [3.8, 4) is 0 Å². The van der Waals surface area contributed by atoms with Crippen molar-refractivity contribution < 1.29 is 4.39 Å². The molecule has 1 aromatic rings. The summed E-state index contributed by atoms with van der Waals surface area (Å²) in [6.07, 6.45) is 4.80. The fourth-order valence-corrected chi connectivity index (χ4v) is 2.45. The van der Waals surface area contributed by atoms with Crippen LogP contribution in [0.1, 0.15) is 43.0 Å². The van der Waals surface area contributed by atoms with Crippen molar-refractivity contribution >= 4 is 31.9 Å². The highest BCUT2D eigenvalue weighted by Gasteiger charge is 2.09. The maximum absolute atomic E-state index is 13.0. The molecule has 1 aromatic carbocycles. The minimum Gasteiger partial charge on any atom is -0.206 e. The Balaban J connectivity index is 2.57. The SMILES string of the molecule is CCCCCC(Br)c1ccc(F)c(Br)c1. The smallest absolute Gasteiger partial charge is 0.137 e. The first kappa shape index (κ1) is 13.2. The second-order valence-corrected chi connectivity index (χ2v) is 5.60. The first-order valence-electron chi connectivity index (χ1n) is 5.24. The average Bonchev–Trinajstić information content (AvgIpc) is 2.22. The van der Waals surface area contributed by atoms with E-state index < -0.39 is 0 Å². The van der Waals surface area contributed by atoms with Crippen molar-refractivity contribution in [2.24, 2.45) is 0 Å². The number of alkyl halides is 1. The lowest BCUT2D eigenvalue weighted by atomic mass is 10.1. The molecule has 0 N–H and O–H groups in total. The summed E-state index contributed by atoms with van der Waals surface area (Å²) in [6.45, 7) is 2.19. The van der Waals surface area contributed by atoms with E-state index in [1.54, 1.807) is 0 Å². The number of hydrogen-bond acceptors (Lipinski definition) is 0. The lowest BCUT2D eigenvalue weighted by Crippen LogP contribution is -1.91. The number of benzene rings is 1. The molecule has 1 rings (SSSR count). The molecule has 1 unspecified atom stereocenters. The van der Waals surface area contributed by atoms with E-state index in [1.165, 1.54) is 25.3 Å². The van der Waals surface area contributed by atoms with Crippen LogP contribution in [-0.4, -0.2) is 0 Å². The number of hydrogen-bond donors (Lipinski definition) is 0. The highest BCUT2D eigenvalue weighted by molar-refractivity contribution is 9.10. The monoisotopic (exact) mass is 336 g/mol. The molecule has 1 atom stereocenters. The summed E-state index contributed by atoms with van der Waals surface area (Å²) in [5.41, 5.74) is 1.14. The van der Waals surface area contributed by atoms with Crippen LogP contribution in [0.2, 0.25) is 0 Å². The Hall–Kier alpha value is 0.110. The molecular weight excluding hydrogens is 323 g/mol. The van der Waals surface area contributed by atoms with E-state index in [-0.39, 0.29) is 5.82 Å². The molecule has 0 heterocycles. The highest BCUT2D eigenvalue weighted by Crippen LogP contribution is 2.31. The fraction of sp³-hybridized carbons (Fsp3) is 0.500. The van der Waals surface area contributed by atoms with E-state index in [0.717, 1.165) is 12.0 Å². The van der Waals surface area contributed by atoms with Gasteiger partial charge in [-0.3, -0.25) is 0 Å². The standard InChI is InChI=1S/C12H15Br2F/c1-2-3-4-5-10(13)9-6-7-12(15)11(14)8-9/h6-8,10H,2-5H2,1H3.